The van der Waals surface area contributed by atoms with E-state index in [1.165, 1.54) is 12.1 Å². The lowest BCUT2D eigenvalue weighted by molar-refractivity contribution is -0.384. The Kier molecular flexibility index (Phi) is 4.89. The number of rotatable bonds is 5. The normalized spacial score (nSPS) is 19.1. The predicted octanol–water partition coefficient (Wildman–Crippen LogP) is 2.99. The average Bonchev–Trinajstić information content (AvgIpc) is 2.45. The first kappa shape index (κ1) is 14.7. The molecule has 0 saturated carbocycles. The Labute approximate surface area is 117 Å². The van der Waals surface area contributed by atoms with E-state index in [-0.39, 0.29) is 5.69 Å². The molecule has 0 radical (unpaired) electrons. The highest BCUT2D eigenvalue weighted by Crippen LogP contribution is 2.32. The molecule has 2 rings (SSSR count). The van der Waals surface area contributed by atoms with E-state index in [0.717, 1.165) is 25.5 Å². The summed E-state index contributed by atoms with van der Waals surface area (Å²) in [5.41, 5.74) is 0.333. The van der Waals surface area contributed by atoms with E-state index in [9.17, 15) is 14.5 Å². The van der Waals surface area contributed by atoms with Crippen molar-refractivity contribution in [3.8, 4) is 0 Å². The van der Waals surface area contributed by atoms with Crippen LogP contribution < -0.4 is 4.90 Å². The topological polar surface area (TPSA) is 55.6 Å². The molecule has 0 aliphatic carbocycles. The summed E-state index contributed by atoms with van der Waals surface area (Å²) in [5.74, 6) is -0.211. The van der Waals surface area contributed by atoms with E-state index >= 15 is 0 Å². The highest BCUT2D eigenvalue weighted by Gasteiger charge is 2.25. The fourth-order valence-corrected chi connectivity index (χ4v) is 2.61. The molecule has 1 unspecified atom stereocenters. The molecule has 0 N–H and O–H groups in total. The van der Waals surface area contributed by atoms with Gasteiger partial charge in [0.2, 0.25) is 0 Å². The SMILES string of the molecule is CCOCC1CCCN(c2ccc(F)cc2[N+](=O)[O-])C1. The van der Waals surface area contributed by atoms with Crippen LogP contribution in [0.25, 0.3) is 0 Å². The third-order valence-electron chi connectivity index (χ3n) is 3.55. The van der Waals surface area contributed by atoms with Crippen LogP contribution in [-0.2, 0) is 4.74 Å². The second-order valence-electron chi connectivity index (χ2n) is 5.00. The number of nitrogens with zero attached hydrogens (tertiary/aromatic N) is 2. The van der Waals surface area contributed by atoms with E-state index < -0.39 is 10.7 Å². The lowest BCUT2D eigenvalue weighted by atomic mass is 9.98. The molecular formula is C14H19FN2O3. The summed E-state index contributed by atoms with van der Waals surface area (Å²) >= 11 is 0. The molecule has 0 aromatic heterocycles. The Morgan fingerprint density at radius 2 is 2.35 bits per heavy atom. The van der Waals surface area contributed by atoms with Gasteiger partial charge in [0.15, 0.2) is 0 Å². The van der Waals surface area contributed by atoms with Crippen LogP contribution in [0.3, 0.4) is 0 Å². The van der Waals surface area contributed by atoms with E-state index in [1.807, 2.05) is 11.8 Å². The number of benzene rings is 1. The Hall–Kier alpha value is -1.69. The highest BCUT2D eigenvalue weighted by molar-refractivity contribution is 5.63. The minimum atomic E-state index is -0.580. The number of ether oxygens (including phenoxy) is 1. The number of nitro groups is 1. The lowest BCUT2D eigenvalue weighted by Gasteiger charge is -2.33. The first-order valence-corrected chi connectivity index (χ1v) is 6.88. The van der Waals surface area contributed by atoms with Gasteiger partial charge < -0.3 is 9.64 Å². The first-order chi connectivity index (χ1) is 9.61. The number of hydrogen-bond acceptors (Lipinski definition) is 4. The molecule has 1 aliphatic rings. The van der Waals surface area contributed by atoms with Crippen molar-refractivity contribution >= 4 is 11.4 Å². The summed E-state index contributed by atoms with van der Waals surface area (Å²) in [7, 11) is 0. The third-order valence-corrected chi connectivity index (χ3v) is 3.55. The van der Waals surface area contributed by atoms with Crippen LogP contribution in [0.5, 0.6) is 0 Å². The summed E-state index contributed by atoms with van der Waals surface area (Å²) in [6, 6.07) is 3.76. The number of hydrogen-bond donors (Lipinski definition) is 0. The molecule has 0 bridgehead atoms. The van der Waals surface area contributed by atoms with Crippen molar-refractivity contribution in [2.45, 2.75) is 19.8 Å². The molecule has 0 spiro atoms. The van der Waals surface area contributed by atoms with Gasteiger partial charge in [-0.1, -0.05) is 0 Å². The molecule has 1 saturated heterocycles. The van der Waals surface area contributed by atoms with Crippen molar-refractivity contribution in [3.63, 3.8) is 0 Å². The van der Waals surface area contributed by atoms with Crippen LogP contribution in [0.2, 0.25) is 0 Å². The van der Waals surface area contributed by atoms with Crippen molar-refractivity contribution in [2.24, 2.45) is 5.92 Å². The fraction of sp³-hybridized carbons (Fsp3) is 0.571. The van der Waals surface area contributed by atoms with E-state index in [4.69, 9.17) is 4.74 Å². The van der Waals surface area contributed by atoms with Gasteiger partial charge in [0.25, 0.3) is 5.69 Å². The third kappa shape index (κ3) is 3.45. The van der Waals surface area contributed by atoms with Gasteiger partial charge in [-0.2, -0.15) is 0 Å². The van der Waals surface area contributed by atoms with Crippen molar-refractivity contribution in [1.29, 1.82) is 0 Å². The number of anilines is 1. The van der Waals surface area contributed by atoms with Crippen LogP contribution in [0.15, 0.2) is 18.2 Å². The molecule has 1 aromatic carbocycles. The molecule has 0 amide bonds. The summed E-state index contributed by atoms with van der Waals surface area (Å²) in [5, 5.41) is 11.1. The van der Waals surface area contributed by atoms with Gasteiger partial charge in [-0.15, -0.1) is 0 Å². The van der Waals surface area contributed by atoms with Crippen molar-refractivity contribution in [3.05, 3.63) is 34.1 Å². The quantitative estimate of drug-likeness (QED) is 0.615. The van der Waals surface area contributed by atoms with E-state index in [0.29, 0.717) is 31.4 Å². The number of piperidine rings is 1. The summed E-state index contributed by atoms with van der Waals surface area (Å²) in [6.07, 6.45) is 2.03. The van der Waals surface area contributed by atoms with Crippen LogP contribution in [0, 0.1) is 21.8 Å². The molecule has 20 heavy (non-hydrogen) atoms. The minimum Gasteiger partial charge on any atom is -0.381 e. The fourth-order valence-electron chi connectivity index (χ4n) is 2.61. The van der Waals surface area contributed by atoms with Crippen LogP contribution >= 0.6 is 0 Å². The zero-order chi connectivity index (χ0) is 14.5. The van der Waals surface area contributed by atoms with Gasteiger partial charge in [-0.3, -0.25) is 10.1 Å². The van der Waals surface area contributed by atoms with Gasteiger partial charge in [-0.05, 0) is 37.8 Å². The van der Waals surface area contributed by atoms with Gasteiger partial charge in [0, 0.05) is 19.7 Å². The minimum absolute atomic E-state index is 0.165. The molecule has 110 valence electrons. The molecule has 1 fully saturated rings. The van der Waals surface area contributed by atoms with Gasteiger partial charge in [0.05, 0.1) is 17.6 Å². The lowest BCUT2D eigenvalue weighted by Crippen LogP contribution is -2.37. The van der Waals surface area contributed by atoms with Crippen molar-refractivity contribution in [2.75, 3.05) is 31.2 Å². The standard InChI is InChI=1S/C14H19FN2O3/c1-2-20-10-11-4-3-7-16(9-11)13-6-5-12(15)8-14(13)17(18)19/h5-6,8,11H,2-4,7,9-10H2,1H3. The Morgan fingerprint density at radius 3 is 3.05 bits per heavy atom. The molecule has 1 heterocycles. The van der Waals surface area contributed by atoms with Crippen LogP contribution in [0.4, 0.5) is 15.8 Å². The molecule has 1 atom stereocenters. The Morgan fingerprint density at radius 1 is 1.55 bits per heavy atom. The number of halogens is 1. The molecule has 5 nitrogen and oxygen atoms in total. The molecule has 6 heteroatoms. The zero-order valence-electron chi connectivity index (χ0n) is 11.5. The largest absolute Gasteiger partial charge is 0.381 e. The molecule has 1 aromatic rings. The Balaban J connectivity index is 2.16. The van der Waals surface area contributed by atoms with Gasteiger partial charge in [-0.25, -0.2) is 4.39 Å². The molecule has 1 aliphatic heterocycles. The highest BCUT2D eigenvalue weighted by atomic mass is 19.1. The Bertz CT molecular complexity index is 481. The van der Waals surface area contributed by atoms with E-state index in [1.54, 1.807) is 0 Å². The zero-order valence-corrected chi connectivity index (χ0v) is 11.5. The molecular weight excluding hydrogens is 263 g/mol. The first-order valence-electron chi connectivity index (χ1n) is 6.88. The maximum Gasteiger partial charge on any atom is 0.295 e. The van der Waals surface area contributed by atoms with Gasteiger partial charge in [0.1, 0.15) is 11.5 Å². The summed E-state index contributed by atoms with van der Waals surface area (Å²) in [4.78, 5) is 12.5. The van der Waals surface area contributed by atoms with Crippen LogP contribution in [0.1, 0.15) is 19.8 Å². The smallest absolute Gasteiger partial charge is 0.295 e. The van der Waals surface area contributed by atoms with Gasteiger partial charge >= 0.3 is 0 Å². The second-order valence-corrected chi connectivity index (χ2v) is 5.00. The summed E-state index contributed by atoms with van der Waals surface area (Å²) < 4.78 is 18.6. The maximum atomic E-state index is 13.2. The van der Waals surface area contributed by atoms with Crippen molar-refractivity contribution in [1.82, 2.24) is 0 Å². The van der Waals surface area contributed by atoms with Crippen molar-refractivity contribution < 1.29 is 14.1 Å². The predicted molar refractivity (Wildman–Crippen MR) is 74.5 cm³/mol. The number of nitro benzene ring substituents is 1. The maximum absolute atomic E-state index is 13.2. The monoisotopic (exact) mass is 282 g/mol. The van der Waals surface area contributed by atoms with Crippen LogP contribution in [-0.4, -0.2) is 31.2 Å². The second kappa shape index (κ2) is 6.65. The summed E-state index contributed by atoms with van der Waals surface area (Å²) in [6.45, 7) is 4.77. The average molecular weight is 282 g/mol. The van der Waals surface area contributed by atoms with E-state index in [2.05, 4.69) is 0 Å².